The molecule has 0 bridgehead atoms. The van der Waals surface area contributed by atoms with E-state index >= 15 is 0 Å². The molecule has 2 aliphatic heterocycles. The van der Waals surface area contributed by atoms with E-state index in [4.69, 9.17) is 4.74 Å². The summed E-state index contributed by atoms with van der Waals surface area (Å²) in [5.74, 6) is 0.713. The zero-order valence-corrected chi connectivity index (χ0v) is 24.7. The van der Waals surface area contributed by atoms with Crippen molar-refractivity contribution >= 4 is 23.0 Å². The van der Waals surface area contributed by atoms with Crippen LogP contribution in [-0.2, 0) is 16.1 Å². The molecule has 11 heteroatoms. The molecular formula is C31H40N6O5. The first kappa shape index (κ1) is 28.4. The third-order valence-electron chi connectivity index (χ3n) is 8.71. The fourth-order valence-electron chi connectivity index (χ4n) is 6.07. The minimum absolute atomic E-state index is 0.132. The number of aliphatic hydroxyl groups is 1. The predicted octanol–water partition coefficient (Wildman–Crippen LogP) is 3.46. The van der Waals surface area contributed by atoms with Crippen LogP contribution in [0.1, 0.15) is 70.8 Å². The highest BCUT2D eigenvalue weighted by Gasteiger charge is 2.39. The molecular weight excluding hydrogens is 536 g/mol. The number of carbonyl (C=O) groups excluding carboxylic acids is 2. The number of aromatic nitrogens is 4. The van der Waals surface area contributed by atoms with Crippen LogP contribution in [-0.4, -0.2) is 83.6 Å². The Morgan fingerprint density at radius 2 is 1.67 bits per heavy atom. The van der Waals surface area contributed by atoms with Gasteiger partial charge in [-0.1, -0.05) is 12.1 Å². The highest BCUT2D eigenvalue weighted by Crippen LogP contribution is 2.34. The van der Waals surface area contributed by atoms with Crippen molar-refractivity contribution in [3.05, 3.63) is 52.7 Å². The van der Waals surface area contributed by atoms with Crippen LogP contribution < -0.4 is 5.56 Å². The van der Waals surface area contributed by atoms with Crippen LogP contribution in [0.15, 0.2) is 41.6 Å². The Labute approximate surface area is 245 Å². The summed E-state index contributed by atoms with van der Waals surface area (Å²) in [6, 6.07) is 8.12. The molecule has 4 heterocycles. The highest BCUT2D eigenvalue weighted by molar-refractivity contribution is 5.81. The van der Waals surface area contributed by atoms with Gasteiger partial charge in [0, 0.05) is 32.1 Å². The third kappa shape index (κ3) is 5.92. The van der Waals surface area contributed by atoms with Gasteiger partial charge in [0.1, 0.15) is 17.3 Å². The van der Waals surface area contributed by atoms with Gasteiger partial charge in [-0.05, 0) is 82.9 Å². The molecule has 6 rings (SSSR count). The number of carbonyl (C=O) groups is 2. The zero-order valence-electron chi connectivity index (χ0n) is 24.7. The van der Waals surface area contributed by atoms with Crippen LogP contribution in [0.4, 0.5) is 4.79 Å². The number of piperidine rings is 2. The molecule has 1 N–H and O–H groups in total. The van der Waals surface area contributed by atoms with Gasteiger partial charge in [0.25, 0.3) is 5.56 Å². The van der Waals surface area contributed by atoms with E-state index in [1.165, 1.54) is 22.7 Å². The summed E-state index contributed by atoms with van der Waals surface area (Å²) in [5.41, 5.74) is 0.659. The van der Waals surface area contributed by atoms with Gasteiger partial charge >= 0.3 is 6.09 Å². The summed E-state index contributed by atoms with van der Waals surface area (Å²) in [7, 11) is 0. The van der Waals surface area contributed by atoms with E-state index in [1.807, 2.05) is 37.8 Å². The zero-order chi connectivity index (χ0) is 29.6. The molecule has 0 radical (unpaired) electrons. The lowest BCUT2D eigenvalue weighted by Gasteiger charge is -2.38. The largest absolute Gasteiger partial charge is 0.444 e. The molecule has 2 saturated heterocycles. The monoisotopic (exact) mass is 576 g/mol. The Balaban J connectivity index is 1.10. The first-order valence-corrected chi connectivity index (χ1v) is 15.0. The Morgan fingerprint density at radius 1 is 1.00 bits per heavy atom. The number of rotatable bonds is 5. The van der Waals surface area contributed by atoms with Crippen molar-refractivity contribution in [2.75, 3.05) is 26.2 Å². The van der Waals surface area contributed by atoms with E-state index in [2.05, 4.69) is 22.2 Å². The SMILES string of the molecule is CC(C)(C)OC(=O)N1CCC(c2ccc(-n3ncc4c(=O)n(CC5(O)CCN(C(=O)C6CC6)CC5)cnc43)cc2)CC1. The number of nitrogens with zero attached hydrogens (tertiary/aromatic N) is 6. The number of hydrogen-bond acceptors (Lipinski definition) is 7. The van der Waals surface area contributed by atoms with Gasteiger partial charge in [0.2, 0.25) is 5.91 Å². The van der Waals surface area contributed by atoms with Crippen molar-refractivity contribution in [2.45, 2.75) is 83.0 Å². The molecule has 3 aromatic rings. The minimum Gasteiger partial charge on any atom is -0.444 e. The second-order valence-corrected chi connectivity index (χ2v) is 13.1. The lowest BCUT2D eigenvalue weighted by molar-refractivity contribution is -0.137. The van der Waals surface area contributed by atoms with Gasteiger partial charge in [-0.2, -0.15) is 5.10 Å². The number of ether oxygens (including phenoxy) is 1. The maximum absolute atomic E-state index is 13.3. The van der Waals surface area contributed by atoms with Crippen LogP contribution in [0.5, 0.6) is 0 Å². The summed E-state index contributed by atoms with van der Waals surface area (Å²) in [4.78, 5) is 46.3. The van der Waals surface area contributed by atoms with Gasteiger partial charge in [0.05, 0.1) is 24.0 Å². The Kier molecular flexibility index (Phi) is 7.32. The Bertz CT molecular complexity index is 1520. The summed E-state index contributed by atoms with van der Waals surface area (Å²) in [6.45, 7) is 8.10. The molecule has 3 aliphatic rings. The van der Waals surface area contributed by atoms with Crippen LogP contribution in [0.3, 0.4) is 0 Å². The lowest BCUT2D eigenvalue weighted by atomic mass is 9.89. The average molecular weight is 577 g/mol. The van der Waals surface area contributed by atoms with Crippen LogP contribution in [0.25, 0.3) is 16.7 Å². The van der Waals surface area contributed by atoms with E-state index in [9.17, 15) is 19.5 Å². The fourth-order valence-corrected chi connectivity index (χ4v) is 6.07. The van der Waals surface area contributed by atoms with E-state index in [-0.39, 0.29) is 30.0 Å². The topological polar surface area (TPSA) is 123 Å². The number of benzene rings is 1. The average Bonchev–Trinajstić information content (AvgIpc) is 3.72. The lowest BCUT2D eigenvalue weighted by Crippen LogP contribution is -2.50. The molecule has 3 fully saturated rings. The number of amides is 2. The summed E-state index contributed by atoms with van der Waals surface area (Å²) < 4.78 is 8.63. The molecule has 0 atom stereocenters. The van der Waals surface area contributed by atoms with Crippen LogP contribution in [0.2, 0.25) is 0 Å². The van der Waals surface area contributed by atoms with Crippen molar-refractivity contribution in [1.29, 1.82) is 0 Å². The number of fused-ring (bicyclic) bond motifs is 1. The van der Waals surface area contributed by atoms with Gasteiger partial charge in [-0.3, -0.25) is 14.2 Å². The maximum Gasteiger partial charge on any atom is 0.410 e. The van der Waals surface area contributed by atoms with E-state index < -0.39 is 11.2 Å². The predicted molar refractivity (Wildman–Crippen MR) is 156 cm³/mol. The van der Waals surface area contributed by atoms with Crippen LogP contribution in [0, 0.1) is 5.92 Å². The third-order valence-corrected chi connectivity index (χ3v) is 8.71. The Hall–Kier alpha value is -3.73. The molecule has 1 aromatic carbocycles. The van der Waals surface area contributed by atoms with Gasteiger partial charge in [-0.25, -0.2) is 14.5 Å². The van der Waals surface area contributed by atoms with Gasteiger partial charge < -0.3 is 19.6 Å². The molecule has 42 heavy (non-hydrogen) atoms. The Morgan fingerprint density at radius 3 is 2.29 bits per heavy atom. The summed E-state index contributed by atoms with van der Waals surface area (Å²) in [6.07, 6.45) is 7.29. The highest BCUT2D eigenvalue weighted by atomic mass is 16.6. The molecule has 1 aliphatic carbocycles. The first-order chi connectivity index (χ1) is 20.0. The fraction of sp³-hybridized carbons (Fsp3) is 0.581. The minimum atomic E-state index is -1.06. The molecule has 0 spiro atoms. The molecule has 2 amide bonds. The molecule has 11 nitrogen and oxygen atoms in total. The molecule has 0 unspecified atom stereocenters. The second kappa shape index (κ2) is 10.8. The molecule has 224 valence electrons. The normalized spacial score (nSPS) is 19.7. The van der Waals surface area contributed by atoms with Gasteiger partial charge in [0.15, 0.2) is 5.65 Å². The van der Waals surface area contributed by atoms with Crippen molar-refractivity contribution in [2.24, 2.45) is 5.92 Å². The smallest absolute Gasteiger partial charge is 0.410 e. The number of likely N-dealkylation sites (tertiary alicyclic amines) is 2. The van der Waals surface area contributed by atoms with Crippen molar-refractivity contribution in [3.8, 4) is 5.69 Å². The quantitative estimate of drug-likeness (QED) is 0.494. The maximum atomic E-state index is 13.3. The first-order valence-electron chi connectivity index (χ1n) is 15.0. The number of hydrogen-bond donors (Lipinski definition) is 1. The van der Waals surface area contributed by atoms with Crippen molar-refractivity contribution < 1.29 is 19.4 Å². The van der Waals surface area contributed by atoms with E-state index in [1.54, 1.807) is 9.58 Å². The van der Waals surface area contributed by atoms with E-state index in [0.717, 1.165) is 31.4 Å². The molecule has 2 aromatic heterocycles. The van der Waals surface area contributed by atoms with Gasteiger partial charge in [-0.15, -0.1) is 0 Å². The van der Waals surface area contributed by atoms with Crippen molar-refractivity contribution in [1.82, 2.24) is 29.1 Å². The standard InChI is InChI=1S/C31H40N6O5/c1-30(2,3)42-29(40)35-14-10-22(11-15-35)21-6-8-24(9-7-21)37-26-25(18-33-37)28(39)36(20-32-26)19-31(41)12-16-34(17-13-31)27(38)23-4-5-23/h6-9,18,20,22-23,41H,4-5,10-17,19H2,1-3H3. The summed E-state index contributed by atoms with van der Waals surface area (Å²) >= 11 is 0. The summed E-state index contributed by atoms with van der Waals surface area (Å²) in [5, 5.41) is 16.1. The molecule has 1 saturated carbocycles. The van der Waals surface area contributed by atoms with Crippen LogP contribution >= 0.6 is 0 Å². The van der Waals surface area contributed by atoms with E-state index in [0.29, 0.717) is 56.0 Å². The van der Waals surface area contributed by atoms with Crippen molar-refractivity contribution in [3.63, 3.8) is 0 Å². The second-order valence-electron chi connectivity index (χ2n) is 13.1.